The third-order valence-electron chi connectivity index (χ3n) is 3.40. The first-order valence-corrected chi connectivity index (χ1v) is 7.54. The van der Waals surface area contributed by atoms with Crippen molar-refractivity contribution in [1.82, 2.24) is 9.97 Å². The van der Waals surface area contributed by atoms with Crippen molar-refractivity contribution in [2.75, 3.05) is 5.73 Å². The SMILES string of the molecule is N#Cc1cc(-c2ncccc2Cl)cc(OCc2ccccn2)c1N. The molecule has 0 atom stereocenters. The van der Waals surface area contributed by atoms with Crippen LogP contribution in [0.5, 0.6) is 5.75 Å². The summed E-state index contributed by atoms with van der Waals surface area (Å²) in [5.74, 6) is 0.399. The Bertz CT molecular complexity index is 907. The normalized spacial score (nSPS) is 10.2. The summed E-state index contributed by atoms with van der Waals surface area (Å²) in [4.78, 5) is 8.46. The predicted molar refractivity (Wildman–Crippen MR) is 92.4 cm³/mol. The van der Waals surface area contributed by atoms with Crippen LogP contribution in [0, 0.1) is 11.3 Å². The molecule has 2 aromatic heterocycles. The molecule has 0 saturated heterocycles. The number of benzene rings is 1. The van der Waals surface area contributed by atoms with E-state index in [1.807, 2.05) is 18.2 Å². The molecule has 0 aliphatic carbocycles. The number of hydrogen-bond donors (Lipinski definition) is 1. The molecule has 0 saturated carbocycles. The number of nitrogens with two attached hydrogens (primary N) is 1. The Labute approximate surface area is 144 Å². The van der Waals surface area contributed by atoms with Gasteiger partial charge in [-0.25, -0.2) is 0 Å². The van der Waals surface area contributed by atoms with E-state index in [1.54, 1.807) is 36.7 Å². The highest BCUT2D eigenvalue weighted by Gasteiger charge is 2.13. The zero-order valence-corrected chi connectivity index (χ0v) is 13.4. The molecule has 2 N–H and O–H groups in total. The fourth-order valence-electron chi connectivity index (χ4n) is 2.21. The maximum absolute atomic E-state index is 9.32. The van der Waals surface area contributed by atoms with Gasteiger partial charge in [-0.3, -0.25) is 9.97 Å². The standard InChI is InChI=1S/C18H13ClN4O/c19-15-5-3-7-23-18(15)12-8-13(10-20)17(21)16(9-12)24-11-14-4-1-2-6-22-14/h1-9H,11,21H2. The average Bonchev–Trinajstić information content (AvgIpc) is 2.62. The van der Waals surface area contributed by atoms with Crippen LogP contribution in [0.15, 0.2) is 54.9 Å². The number of aromatic nitrogens is 2. The first kappa shape index (κ1) is 15.8. The van der Waals surface area contributed by atoms with Crippen LogP contribution in [-0.4, -0.2) is 9.97 Å². The average molecular weight is 337 g/mol. The molecule has 0 fully saturated rings. The summed E-state index contributed by atoms with van der Waals surface area (Å²) < 4.78 is 5.76. The van der Waals surface area contributed by atoms with Gasteiger partial charge in [0.15, 0.2) is 0 Å². The van der Waals surface area contributed by atoms with E-state index in [0.29, 0.717) is 27.6 Å². The van der Waals surface area contributed by atoms with Crippen LogP contribution in [0.4, 0.5) is 5.69 Å². The van der Waals surface area contributed by atoms with Crippen LogP contribution in [0.1, 0.15) is 11.3 Å². The first-order valence-electron chi connectivity index (χ1n) is 7.16. The molecule has 3 aromatic rings. The molecular formula is C18H13ClN4O. The van der Waals surface area contributed by atoms with Crippen molar-refractivity contribution < 1.29 is 4.74 Å². The van der Waals surface area contributed by atoms with E-state index in [-0.39, 0.29) is 12.3 Å². The van der Waals surface area contributed by atoms with Crippen LogP contribution < -0.4 is 10.5 Å². The minimum Gasteiger partial charge on any atom is -0.485 e. The zero-order valence-electron chi connectivity index (χ0n) is 12.6. The number of hydrogen-bond acceptors (Lipinski definition) is 5. The molecule has 118 valence electrons. The monoisotopic (exact) mass is 336 g/mol. The van der Waals surface area contributed by atoms with E-state index in [0.717, 1.165) is 5.69 Å². The number of nitrogen functional groups attached to an aromatic ring is 1. The lowest BCUT2D eigenvalue weighted by atomic mass is 10.1. The molecule has 0 spiro atoms. The van der Waals surface area contributed by atoms with Gasteiger partial charge in [-0.2, -0.15) is 5.26 Å². The largest absolute Gasteiger partial charge is 0.485 e. The van der Waals surface area contributed by atoms with E-state index in [4.69, 9.17) is 22.1 Å². The molecule has 24 heavy (non-hydrogen) atoms. The van der Waals surface area contributed by atoms with Gasteiger partial charge in [-0.05, 0) is 36.4 Å². The van der Waals surface area contributed by atoms with Crippen LogP contribution in [-0.2, 0) is 6.61 Å². The van der Waals surface area contributed by atoms with Crippen molar-refractivity contribution in [2.45, 2.75) is 6.61 Å². The van der Waals surface area contributed by atoms with Crippen molar-refractivity contribution in [3.63, 3.8) is 0 Å². The second kappa shape index (κ2) is 6.99. The smallest absolute Gasteiger partial charge is 0.144 e. The Kier molecular flexibility index (Phi) is 4.59. The van der Waals surface area contributed by atoms with Gasteiger partial charge in [0.1, 0.15) is 18.4 Å². The van der Waals surface area contributed by atoms with Gasteiger partial charge >= 0.3 is 0 Å². The van der Waals surface area contributed by atoms with E-state index >= 15 is 0 Å². The van der Waals surface area contributed by atoms with Gasteiger partial charge in [0.2, 0.25) is 0 Å². The van der Waals surface area contributed by atoms with Crippen molar-refractivity contribution in [3.8, 4) is 23.1 Å². The second-order valence-corrected chi connectivity index (χ2v) is 5.40. The summed E-state index contributed by atoms with van der Waals surface area (Å²) in [6.07, 6.45) is 3.32. The molecule has 5 nitrogen and oxygen atoms in total. The van der Waals surface area contributed by atoms with E-state index < -0.39 is 0 Å². The Morgan fingerprint density at radius 1 is 1.12 bits per heavy atom. The molecule has 0 bridgehead atoms. The van der Waals surface area contributed by atoms with Crippen molar-refractivity contribution in [2.24, 2.45) is 0 Å². The molecule has 1 aromatic carbocycles. The third-order valence-corrected chi connectivity index (χ3v) is 3.70. The van der Waals surface area contributed by atoms with Crippen LogP contribution in [0.25, 0.3) is 11.3 Å². The molecule has 0 amide bonds. The number of halogens is 1. The summed E-state index contributed by atoms with van der Waals surface area (Å²) in [5.41, 5.74) is 8.61. The molecule has 6 heteroatoms. The van der Waals surface area contributed by atoms with E-state index in [2.05, 4.69) is 16.0 Å². The molecule has 2 heterocycles. The highest BCUT2D eigenvalue weighted by atomic mass is 35.5. The van der Waals surface area contributed by atoms with Gasteiger partial charge in [0.05, 0.1) is 27.7 Å². The Balaban J connectivity index is 1.98. The summed E-state index contributed by atoms with van der Waals surface area (Å²) in [6, 6.07) is 14.5. The highest BCUT2D eigenvalue weighted by molar-refractivity contribution is 6.33. The van der Waals surface area contributed by atoms with Crippen molar-refractivity contribution in [3.05, 3.63) is 71.1 Å². The minimum atomic E-state index is 0.245. The number of nitriles is 1. The molecular weight excluding hydrogens is 324 g/mol. The third kappa shape index (κ3) is 3.29. The Morgan fingerprint density at radius 2 is 1.96 bits per heavy atom. The number of nitrogens with zero attached hydrogens (tertiary/aromatic N) is 3. The van der Waals surface area contributed by atoms with Crippen LogP contribution >= 0.6 is 11.6 Å². The minimum absolute atomic E-state index is 0.245. The fourth-order valence-corrected chi connectivity index (χ4v) is 2.44. The first-order chi connectivity index (χ1) is 11.7. The number of ether oxygens (including phenoxy) is 1. The number of rotatable bonds is 4. The van der Waals surface area contributed by atoms with Crippen molar-refractivity contribution >= 4 is 17.3 Å². The summed E-state index contributed by atoms with van der Waals surface area (Å²) in [7, 11) is 0. The maximum Gasteiger partial charge on any atom is 0.144 e. The summed E-state index contributed by atoms with van der Waals surface area (Å²) in [6.45, 7) is 0.245. The molecule has 0 radical (unpaired) electrons. The number of anilines is 1. The highest BCUT2D eigenvalue weighted by Crippen LogP contribution is 2.34. The number of pyridine rings is 2. The Morgan fingerprint density at radius 3 is 2.67 bits per heavy atom. The molecule has 0 aliphatic heterocycles. The maximum atomic E-state index is 9.32. The van der Waals surface area contributed by atoms with Gasteiger partial charge < -0.3 is 10.5 Å². The van der Waals surface area contributed by atoms with E-state index in [9.17, 15) is 5.26 Å². The van der Waals surface area contributed by atoms with Gasteiger partial charge in [0.25, 0.3) is 0 Å². The van der Waals surface area contributed by atoms with Gasteiger partial charge in [-0.1, -0.05) is 17.7 Å². The predicted octanol–water partition coefficient (Wildman–Crippen LogP) is 3.83. The fraction of sp³-hybridized carbons (Fsp3) is 0.0556. The lowest BCUT2D eigenvalue weighted by Gasteiger charge is -2.12. The summed E-state index contributed by atoms with van der Waals surface area (Å²) >= 11 is 6.19. The van der Waals surface area contributed by atoms with Crippen LogP contribution in [0.3, 0.4) is 0 Å². The molecule has 3 rings (SSSR count). The molecule has 0 unspecified atom stereocenters. The zero-order chi connectivity index (χ0) is 16.9. The second-order valence-electron chi connectivity index (χ2n) is 4.99. The topological polar surface area (TPSA) is 84.8 Å². The van der Waals surface area contributed by atoms with Crippen LogP contribution in [0.2, 0.25) is 5.02 Å². The van der Waals surface area contributed by atoms with Crippen molar-refractivity contribution in [1.29, 1.82) is 5.26 Å². The Hall–Kier alpha value is -3.10. The quantitative estimate of drug-likeness (QED) is 0.732. The lowest BCUT2D eigenvalue weighted by molar-refractivity contribution is 0.303. The van der Waals surface area contributed by atoms with Gasteiger partial charge in [0, 0.05) is 18.0 Å². The van der Waals surface area contributed by atoms with Gasteiger partial charge in [-0.15, -0.1) is 0 Å². The lowest BCUT2D eigenvalue weighted by Crippen LogP contribution is -2.02. The summed E-state index contributed by atoms with van der Waals surface area (Å²) in [5, 5.41) is 9.81. The molecule has 0 aliphatic rings. The van der Waals surface area contributed by atoms with E-state index in [1.165, 1.54) is 0 Å².